The minimum atomic E-state index is -0.119. The van der Waals surface area contributed by atoms with Crippen molar-refractivity contribution in [2.45, 2.75) is 18.9 Å². The molecule has 1 fully saturated rings. The molecule has 1 aromatic carbocycles. The van der Waals surface area contributed by atoms with Gasteiger partial charge in [-0.3, -0.25) is 4.79 Å². The van der Waals surface area contributed by atoms with Crippen molar-refractivity contribution < 1.29 is 9.57 Å². The number of benzene rings is 1. The molecule has 18 heavy (non-hydrogen) atoms. The van der Waals surface area contributed by atoms with Crippen molar-refractivity contribution in [2.75, 3.05) is 13.2 Å². The zero-order valence-electron chi connectivity index (χ0n) is 10.0. The number of ether oxygens (including phenoxy) is 1. The number of aromatic nitrogens is 1. The minimum Gasteiger partial charge on any atom is -0.408 e. The summed E-state index contributed by atoms with van der Waals surface area (Å²) in [5, 5.41) is 1.60. The van der Waals surface area contributed by atoms with Gasteiger partial charge in [0.05, 0.1) is 11.5 Å². The van der Waals surface area contributed by atoms with E-state index in [0.717, 1.165) is 24.8 Å². The van der Waals surface area contributed by atoms with Gasteiger partial charge < -0.3 is 9.57 Å². The molecule has 0 spiro atoms. The van der Waals surface area contributed by atoms with Gasteiger partial charge in [-0.15, -0.1) is 0 Å². The molecular formula is C14H15NO3. The topological polar surface area (TPSA) is 40.5 Å². The molecule has 94 valence electrons. The lowest BCUT2D eigenvalue weighted by atomic mass is 10.2. The summed E-state index contributed by atoms with van der Waals surface area (Å²) in [7, 11) is 0. The Labute approximate surface area is 105 Å². The third-order valence-electron chi connectivity index (χ3n) is 3.20. The number of rotatable bonds is 3. The Balaban J connectivity index is 1.83. The Hall–Kier alpha value is -1.81. The molecule has 1 aliphatic rings. The minimum absolute atomic E-state index is 0.114. The monoisotopic (exact) mass is 245 g/mol. The fourth-order valence-corrected chi connectivity index (χ4v) is 2.21. The molecule has 0 aliphatic carbocycles. The zero-order chi connectivity index (χ0) is 12.4. The molecule has 1 aliphatic heterocycles. The Kier molecular flexibility index (Phi) is 3.02. The first-order valence-electron chi connectivity index (χ1n) is 6.20. The van der Waals surface area contributed by atoms with Crippen molar-refractivity contribution in [1.29, 1.82) is 0 Å². The summed E-state index contributed by atoms with van der Waals surface area (Å²) in [5.74, 6) is 0. The van der Waals surface area contributed by atoms with E-state index >= 15 is 0 Å². The SMILES string of the molecule is O=c1c2ccccc2ccn1OC[C@H]1CCCO1. The summed E-state index contributed by atoms with van der Waals surface area (Å²) in [6, 6.07) is 9.38. The lowest BCUT2D eigenvalue weighted by Crippen LogP contribution is -2.31. The van der Waals surface area contributed by atoms with Crippen LogP contribution in [0.2, 0.25) is 0 Å². The second kappa shape index (κ2) is 4.82. The largest absolute Gasteiger partial charge is 0.408 e. The van der Waals surface area contributed by atoms with Gasteiger partial charge in [-0.05, 0) is 30.4 Å². The van der Waals surface area contributed by atoms with Gasteiger partial charge in [0.25, 0.3) is 5.56 Å². The highest BCUT2D eigenvalue weighted by atomic mass is 16.7. The van der Waals surface area contributed by atoms with Gasteiger partial charge in [-0.2, -0.15) is 4.73 Å². The van der Waals surface area contributed by atoms with Crippen LogP contribution in [0.15, 0.2) is 41.3 Å². The Morgan fingerprint density at radius 2 is 2.22 bits per heavy atom. The van der Waals surface area contributed by atoms with E-state index in [1.54, 1.807) is 6.20 Å². The van der Waals surface area contributed by atoms with E-state index in [0.29, 0.717) is 12.0 Å². The van der Waals surface area contributed by atoms with Crippen molar-refractivity contribution >= 4 is 10.8 Å². The lowest BCUT2D eigenvalue weighted by Gasteiger charge is -2.12. The van der Waals surface area contributed by atoms with Gasteiger partial charge in [0, 0.05) is 12.8 Å². The van der Waals surface area contributed by atoms with Crippen LogP contribution < -0.4 is 10.4 Å². The third-order valence-corrected chi connectivity index (χ3v) is 3.20. The van der Waals surface area contributed by atoms with Crippen molar-refractivity contribution in [3.05, 3.63) is 46.9 Å². The van der Waals surface area contributed by atoms with Gasteiger partial charge >= 0.3 is 0 Å². The number of nitrogens with zero attached hydrogens (tertiary/aromatic N) is 1. The molecule has 4 nitrogen and oxygen atoms in total. The number of hydrogen-bond donors (Lipinski definition) is 0. The predicted molar refractivity (Wildman–Crippen MR) is 68.6 cm³/mol. The van der Waals surface area contributed by atoms with Crippen molar-refractivity contribution in [3.63, 3.8) is 0 Å². The molecule has 2 aromatic rings. The van der Waals surface area contributed by atoms with Crippen molar-refractivity contribution in [2.24, 2.45) is 0 Å². The normalized spacial score (nSPS) is 19.2. The van der Waals surface area contributed by atoms with E-state index < -0.39 is 0 Å². The zero-order valence-corrected chi connectivity index (χ0v) is 10.0. The summed E-state index contributed by atoms with van der Waals surface area (Å²) >= 11 is 0. The van der Waals surface area contributed by atoms with Crippen LogP contribution in [0, 0.1) is 0 Å². The van der Waals surface area contributed by atoms with Crippen LogP contribution in [0.1, 0.15) is 12.8 Å². The standard InChI is InChI=1S/C14H15NO3/c16-14-13-6-2-1-4-11(13)7-8-15(14)18-10-12-5-3-9-17-12/h1-2,4,6-8,12H,3,5,9-10H2/t12-/m1/s1. The van der Waals surface area contributed by atoms with E-state index in [4.69, 9.17) is 9.57 Å². The van der Waals surface area contributed by atoms with Crippen LogP contribution in [-0.2, 0) is 4.74 Å². The van der Waals surface area contributed by atoms with E-state index in [-0.39, 0.29) is 11.7 Å². The van der Waals surface area contributed by atoms with E-state index in [2.05, 4.69) is 0 Å². The highest BCUT2D eigenvalue weighted by molar-refractivity contribution is 5.80. The summed E-state index contributed by atoms with van der Waals surface area (Å²) in [4.78, 5) is 17.6. The van der Waals surface area contributed by atoms with Crippen LogP contribution >= 0.6 is 0 Å². The van der Waals surface area contributed by atoms with E-state index in [1.165, 1.54) is 4.73 Å². The van der Waals surface area contributed by atoms with Crippen molar-refractivity contribution in [1.82, 2.24) is 4.73 Å². The molecule has 1 aromatic heterocycles. The summed E-state index contributed by atoms with van der Waals surface area (Å²) in [6.07, 6.45) is 3.85. The van der Waals surface area contributed by atoms with Crippen LogP contribution in [0.3, 0.4) is 0 Å². The Morgan fingerprint density at radius 3 is 3.06 bits per heavy atom. The first kappa shape index (κ1) is 11.3. The van der Waals surface area contributed by atoms with E-state index in [1.807, 2.05) is 30.3 Å². The van der Waals surface area contributed by atoms with Crippen molar-refractivity contribution in [3.8, 4) is 0 Å². The van der Waals surface area contributed by atoms with Gasteiger partial charge in [-0.25, -0.2) is 0 Å². The second-order valence-electron chi connectivity index (χ2n) is 4.46. The fourth-order valence-electron chi connectivity index (χ4n) is 2.21. The quantitative estimate of drug-likeness (QED) is 0.824. The molecule has 1 atom stereocenters. The lowest BCUT2D eigenvalue weighted by molar-refractivity contribution is 0.00661. The molecular weight excluding hydrogens is 230 g/mol. The molecule has 3 rings (SSSR count). The van der Waals surface area contributed by atoms with Gasteiger partial charge in [-0.1, -0.05) is 18.2 Å². The van der Waals surface area contributed by atoms with Gasteiger partial charge in [0.2, 0.25) is 0 Å². The summed E-state index contributed by atoms with van der Waals surface area (Å²) in [6.45, 7) is 1.22. The maximum atomic E-state index is 12.1. The number of pyridine rings is 1. The third kappa shape index (κ3) is 2.11. The molecule has 0 unspecified atom stereocenters. The molecule has 0 N–H and O–H groups in total. The molecule has 0 bridgehead atoms. The first-order valence-corrected chi connectivity index (χ1v) is 6.20. The summed E-state index contributed by atoms with van der Waals surface area (Å²) < 4.78 is 6.76. The van der Waals surface area contributed by atoms with E-state index in [9.17, 15) is 4.79 Å². The Bertz CT molecular complexity index is 599. The Morgan fingerprint density at radius 1 is 1.33 bits per heavy atom. The average molecular weight is 245 g/mol. The maximum absolute atomic E-state index is 12.1. The van der Waals surface area contributed by atoms with Crippen LogP contribution in [0.4, 0.5) is 0 Å². The highest BCUT2D eigenvalue weighted by Gasteiger charge is 2.16. The van der Waals surface area contributed by atoms with Crippen LogP contribution in [0.25, 0.3) is 10.8 Å². The molecule has 2 heterocycles. The molecule has 0 radical (unpaired) electrons. The van der Waals surface area contributed by atoms with Crippen LogP contribution in [-0.4, -0.2) is 24.0 Å². The maximum Gasteiger partial charge on any atom is 0.290 e. The van der Waals surface area contributed by atoms with Gasteiger partial charge in [0.15, 0.2) is 0 Å². The molecule has 0 saturated carbocycles. The molecule has 0 amide bonds. The summed E-state index contributed by atoms with van der Waals surface area (Å²) in [5.41, 5.74) is -0.119. The predicted octanol–water partition coefficient (Wildman–Crippen LogP) is 1.61. The number of fused-ring (bicyclic) bond motifs is 1. The smallest absolute Gasteiger partial charge is 0.290 e. The average Bonchev–Trinajstić information content (AvgIpc) is 2.91. The molecule has 4 heteroatoms. The first-order chi connectivity index (χ1) is 8.84. The van der Waals surface area contributed by atoms with Crippen LogP contribution in [0.5, 0.6) is 0 Å². The fraction of sp³-hybridized carbons (Fsp3) is 0.357. The second-order valence-corrected chi connectivity index (χ2v) is 4.46. The molecule has 1 saturated heterocycles. The van der Waals surface area contributed by atoms with Gasteiger partial charge in [0.1, 0.15) is 6.61 Å². The number of hydrogen-bond acceptors (Lipinski definition) is 3. The highest BCUT2D eigenvalue weighted by Crippen LogP contribution is 2.11.